The Morgan fingerprint density at radius 3 is 2.27 bits per heavy atom. The lowest BCUT2D eigenvalue weighted by atomic mass is 9.31. The average Bonchev–Trinajstić information content (AvgIpc) is 2.65. The van der Waals surface area contributed by atoms with Crippen molar-refractivity contribution in [3.8, 4) is 0 Å². The number of fused-ring (bicyclic) bond motifs is 7. The predicted octanol–water partition coefficient (Wildman–Crippen LogP) is 8.87. The standard InChI is InChI=1S/C30H49/c1-20-12-16-27(5)18-19-29(7)22(25(27)21(20)2)10-11-24-28(6)15-9-14-26(3,4)23(28)13-17-30(24,29)8/h14,21-25H,1,9-13,15-19H2,2-8H3/t21?,22-,23?,24-,25-,27-,28+,29-,30-/m1/s1. The molecule has 0 aromatic heterocycles. The van der Waals surface area contributed by atoms with E-state index in [2.05, 4.69) is 61.5 Å². The van der Waals surface area contributed by atoms with E-state index in [4.69, 9.17) is 0 Å². The van der Waals surface area contributed by atoms with Gasteiger partial charge in [0, 0.05) is 0 Å². The van der Waals surface area contributed by atoms with Crippen LogP contribution in [0.3, 0.4) is 0 Å². The van der Waals surface area contributed by atoms with Crippen LogP contribution < -0.4 is 0 Å². The zero-order valence-corrected chi connectivity index (χ0v) is 21.2. The van der Waals surface area contributed by atoms with E-state index in [0.29, 0.717) is 27.1 Å². The van der Waals surface area contributed by atoms with Gasteiger partial charge in [-0.05, 0) is 127 Å². The van der Waals surface area contributed by atoms with Gasteiger partial charge in [-0.3, -0.25) is 0 Å². The molecular weight excluding hydrogens is 360 g/mol. The zero-order chi connectivity index (χ0) is 21.7. The molecule has 0 amide bonds. The molecule has 1 radical (unpaired) electrons. The first kappa shape index (κ1) is 21.6. The van der Waals surface area contributed by atoms with E-state index in [1.54, 1.807) is 5.57 Å². The molecule has 0 heteroatoms. The van der Waals surface area contributed by atoms with E-state index < -0.39 is 0 Å². The SMILES string of the molecule is C=C1CC[C@]2(C)CC[C@]3(C)[C@H](CC[C@@H]4[C@@]5(C)CC[CH]C(C)(C)C5CC[C@]43C)[C@H]2C1C. The summed E-state index contributed by atoms with van der Waals surface area (Å²) >= 11 is 0. The highest BCUT2D eigenvalue weighted by atomic mass is 14.7. The Bertz CT molecular complexity index is 730. The zero-order valence-electron chi connectivity index (χ0n) is 21.2. The van der Waals surface area contributed by atoms with Gasteiger partial charge in [0.15, 0.2) is 0 Å². The van der Waals surface area contributed by atoms with Crippen molar-refractivity contribution in [2.75, 3.05) is 0 Å². The summed E-state index contributed by atoms with van der Waals surface area (Å²) in [6.07, 6.45) is 17.0. The Hall–Kier alpha value is -0.260. The summed E-state index contributed by atoms with van der Waals surface area (Å²) in [5, 5.41) is 0. The van der Waals surface area contributed by atoms with E-state index in [-0.39, 0.29) is 0 Å². The van der Waals surface area contributed by atoms with Crippen LogP contribution in [-0.4, -0.2) is 0 Å². The molecule has 0 nitrogen and oxygen atoms in total. The summed E-state index contributed by atoms with van der Waals surface area (Å²) in [5.74, 6) is 4.32. The first-order valence-corrected chi connectivity index (χ1v) is 13.4. The molecule has 0 saturated heterocycles. The van der Waals surface area contributed by atoms with Gasteiger partial charge in [-0.15, -0.1) is 0 Å². The van der Waals surface area contributed by atoms with Gasteiger partial charge in [0.2, 0.25) is 0 Å². The summed E-state index contributed by atoms with van der Waals surface area (Å²) < 4.78 is 0. The Morgan fingerprint density at radius 1 is 0.800 bits per heavy atom. The molecule has 0 aromatic carbocycles. The van der Waals surface area contributed by atoms with Crippen molar-refractivity contribution >= 4 is 0 Å². The second kappa shape index (κ2) is 6.41. The van der Waals surface area contributed by atoms with Gasteiger partial charge in [-0.25, -0.2) is 0 Å². The van der Waals surface area contributed by atoms with Crippen LogP contribution in [0.5, 0.6) is 0 Å². The second-order valence-electron chi connectivity index (χ2n) is 14.4. The molecule has 0 bridgehead atoms. The maximum Gasteiger partial charge on any atom is -0.0198 e. The number of allylic oxidation sites excluding steroid dienone is 1. The molecule has 5 saturated carbocycles. The van der Waals surface area contributed by atoms with Gasteiger partial charge in [0.05, 0.1) is 0 Å². The maximum absolute atomic E-state index is 4.55. The van der Waals surface area contributed by atoms with Crippen LogP contribution in [0.2, 0.25) is 0 Å². The van der Waals surface area contributed by atoms with Gasteiger partial charge in [-0.2, -0.15) is 0 Å². The van der Waals surface area contributed by atoms with Crippen molar-refractivity contribution < 1.29 is 0 Å². The molecule has 5 aliphatic rings. The Morgan fingerprint density at radius 2 is 1.53 bits per heavy atom. The third kappa shape index (κ3) is 2.52. The molecular formula is C30H49. The van der Waals surface area contributed by atoms with E-state index in [9.17, 15) is 0 Å². The van der Waals surface area contributed by atoms with Crippen LogP contribution in [0.4, 0.5) is 0 Å². The molecule has 0 spiro atoms. The smallest absolute Gasteiger partial charge is 0.0198 e. The topological polar surface area (TPSA) is 0 Å². The first-order chi connectivity index (χ1) is 13.9. The van der Waals surface area contributed by atoms with Gasteiger partial charge >= 0.3 is 0 Å². The molecule has 5 aliphatic carbocycles. The van der Waals surface area contributed by atoms with Crippen LogP contribution in [0, 0.1) is 63.1 Å². The van der Waals surface area contributed by atoms with E-state index in [1.807, 2.05) is 0 Å². The Balaban J connectivity index is 1.55. The first-order valence-electron chi connectivity index (χ1n) is 13.4. The number of hydrogen-bond acceptors (Lipinski definition) is 0. The summed E-state index contributed by atoms with van der Waals surface area (Å²) in [7, 11) is 0. The third-order valence-corrected chi connectivity index (χ3v) is 13.1. The largest absolute Gasteiger partial charge is 0.0996 e. The molecule has 30 heavy (non-hydrogen) atoms. The fraction of sp³-hybridized carbons (Fsp3) is 0.900. The Labute approximate surface area is 188 Å². The summed E-state index contributed by atoms with van der Waals surface area (Å²) in [6.45, 7) is 23.1. The third-order valence-electron chi connectivity index (χ3n) is 13.1. The van der Waals surface area contributed by atoms with Crippen LogP contribution in [0.25, 0.3) is 0 Å². The normalized spacial score (nSPS) is 57.6. The molecule has 0 N–H and O–H groups in total. The molecule has 5 rings (SSSR count). The average molecular weight is 410 g/mol. The quantitative estimate of drug-likeness (QED) is 0.350. The van der Waals surface area contributed by atoms with Crippen LogP contribution >= 0.6 is 0 Å². The summed E-state index contributed by atoms with van der Waals surface area (Å²) in [5.41, 5.74) is 4.14. The van der Waals surface area contributed by atoms with Crippen LogP contribution in [-0.2, 0) is 0 Å². The minimum atomic E-state index is 0.423. The summed E-state index contributed by atoms with van der Waals surface area (Å²) in [4.78, 5) is 0. The fourth-order valence-electron chi connectivity index (χ4n) is 11.2. The molecule has 0 aromatic rings. The van der Waals surface area contributed by atoms with E-state index >= 15 is 0 Å². The minimum absolute atomic E-state index is 0.423. The van der Waals surface area contributed by atoms with Crippen molar-refractivity contribution in [2.24, 2.45) is 56.7 Å². The van der Waals surface area contributed by atoms with Crippen molar-refractivity contribution in [3.05, 3.63) is 18.6 Å². The van der Waals surface area contributed by atoms with Crippen LogP contribution in [0.15, 0.2) is 12.2 Å². The number of hydrogen-bond donors (Lipinski definition) is 0. The fourth-order valence-corrected chi connectivity index (χ4v) is 11.2. The van der Waals surface area contributed by atoms with Gasteiger partial charge in [-0.1, -0.05) is 60.6 Å². The lowest BCUT2D eigenvalue weighted by molar-refractivity contribution is -0.237. The highest BCUT2D eigenvalue weighted by Crippen LogP contribution is 2.76. The molecule has 5 fully saturated rings. The lowest BCUT2D eigenvalue weighted by Crippen LogP contribution is -2.66. The monoisotopic (exact) mass is 409 g/mol. The molecule has 0 heterocycles. The van der Waals surface area contributed by atoms with Crippen molar-refractivity contribution in [1.29, 1.82) is 0 Å². The molecule has 9 atom stereocenters. The van der Waals surface area contributed by atoms with Gasteiger partial charge in [0.25, 0.3) is 0 Å². The highest BCUT2D eigenvalue weighted by Gasteiger charge is 2.69. The molecule has 2 unspecified atom stereocenters. The van der Waals surface area contributed by atoms with E-state index in [0.717, 1.165) is 29.6 Å². The van der Waals surface area contributed by atoms with Crippen molar-refractivity contribution in [1.82, 2.24) is 0 Å². The minimum Gasteiger partial charge on any atom is -0.0996 e. The predicted molar refractivity (Wildman–Crippen MR) is 129 cm³/mol. The highest BCUT2D eigenvalue weighted by molar-refractivity contribution is 5.21. The van der Waals surface area contributed by atoms with Crippen molar-refractivity contribution in [2.45, 2.75) is 113 Å². The maximum atomic E-state index is 4.55. The summed E-state index contributed by atoms with van der Waals surface area (Å²) in [6, 6.07) is 0. The second-order valence-corrected chi connectivity index (χ2v) is 14.4. The van der Waals surface area contributed by atoms with Crippen LogP contribution in [0.1, 0.15) is 113 Å². The lowest BCUT2D eigenvalue weighted by Gasteiger charge is -2.73. The van der Waals surface area contributed by atoms with Gasteiger partial charge in [0.1, 0.15) is 0 Å². The molecule has 169 valence electrons. The van der Waals surface area contributed by atoms with Crippen molar-refractivity contribution in [3.63, 3.8) is 0 Å². The van der Waals surface area contributed by atoms with E-state index in [1.165, 1.54) is 64.2 Å². The number of rotatable bonds is 0. The van der Waals surface area contributed by atoms with Gasteiger partial charge < -0.3 is 0 Å². The Kier molecular flexibility index (Phi) is 4.61. The molecule has 0 aliphatic heterocycles.